The molecular formula is C17H32N2O. The summed E-state index contributed by atoms with van der Waals surface area (Å²) in [5.74, 6) is 2.24. The third-order valence-electron chi connectivity index (χ3n) is 6.16. The quantitative estimate of drug-likeness (QED) is 0.811. The molecule has 5 atom stereocenters. The Balaban J connectivity index is 1.54. The first-order chi connectivity index (χ1) is 9.63. The fraction of sp³-hybridized carbons (Fsp3) is 1.00. The molecule has 3 rings (SSSR count). The standard InChI is InChI=1S/C17H32N2O/c1-12-6-7-17(12)19-10-15(13(2)20)8-16(11-19)18-9-14-4-3-5-14/h12-18,20H,3-11H2,1-2H3. The first kappa shape index (κ1) is 14.8. The van der Waals surface area contributed by atoms with Crippen molar-refractivity contribution in [3.05, 3.63) is 0 Å². The molecule has 1 saturated heterocycles. The van der Waals surface area contributed by atoms with E-state index in [2.05, 4.69) is 17.1 Å². The molecule has 0 aromatic heterocycles. The molecule has 2 saturated carbocycles. The number of aliphatic hydroxyl groups excluding tert-OH is 1. The van der Waals surface area contributed by atoms with Gasteiger partial charge in [0.05, 0.1) is 6.10 Å². The van der Waals surface area contributed by atoms with Gasteiger partial charge in [0, 0.05) is 25.2 Å². The number of rotatable bonds is 5. The molecule has 5 unspecified atom stereocenters. The van der Waals surface area contributed by atoms with Gasteiger partial charge in [-0.2, -0.15) is 0 Å². The predicted octanol–water partition coefficient (Wildman–Crippen LogP) is 2.25. The van der Waals surface area contributed by atoms with Crippen LogP contribution in [-0.2, 0) is 0 Å². The SMILES string of the molecule is CC(O)C1CC(NCC2CCC2)CN(C2CCC2C)C1. The van der Waals surface area contributed by atoms with Gasteiger partial charge in [0.1, 0.15) is 0 Å². The van der Waals surface area contributed by atoms with E-state index in [1.165, 1.54) is 45.2 Å². The van der Waals surface area contributed by atoms with Crippen LogP contribution in [0.5, 0.6) is 0 Å². The van der Waals surface area contributed by atoms with Gasteiger partial charge in [-0.3, -0.25) is 4.90 Å². The molecule has 0 bridgehead atoms. The molecule has 0 spiro atoms. The summed E-state index contributed by atoms with van der Waals surface area (Å²) in [6.45, 7) is 7.86. The maximum atomic E-state index is 10.0. The Bertz CT molecular complexity index is 316. The summed E-state index contributed by atoms with van der Waals surface area (Å²) >= 11 is 0. The highest BCUT2D eigenvalue weighted by atomic mass is 16.3. The van der Waals surface area contributed by atoms with Gasteiger partial charge >= 0.3 is 0 Å². The van der Waals surface area contributed by atoms with Gasteiger partial charge in [0.25, 0.3) is 0 Å². The van der Waals surface area contributed by atoms with Crippen LogP contribution in [0.1, 0.15) is 52.4 Å². The van der Waals surface area contributed by atoms with E-state index in [-0.39, 0.29) is 6.10 Å². The molecule has 3 aliphatic rings. The van der Waals surface area contributed by atoms with Crippen LogP contribution in [0.3, 0.4) is 0 Å². The number of hydrogen-bond acceptors (Lipinski definition) is 3. The third kappa shape index (κ3) is 3.20. The van der Waals surface area contributed by atoms with E-state index in [1.807, 2.05) is 6.92 Å². The second-order valence-corrected chi connectivity index (χ2v) is 7.71. The van der Waals surface area contributed by atoms with Gasteiger partial charge in [0.2, 0.25) is 0 Å². The summed E-state index contributed by atoms with van der Waals surface area (Å²) in [6.07, 6.45) is 8.01. The molecule has 0 aromatic rings. The minimum atomic E-state index is -0.166. The topological polar surface area (TPSA) is 35.5 Å². The summed E-state index contributed by atoms with van der Waals surface area (Å²) in [4.78, 5) is 2.67. The summed E-state index contributed by atoms with van der Waals surface area (Å²) in [7, 11) is 0. The molecule has 0 radical (unpaired) electrons. The van der Waals surface area contributed by atoms with Crippen molar-refractivity contribution in [1.82, 2.24) is 10.2 Å². The highest BCUT2D eigenvalue weighted by Gasteiger charge is 2.38. The first-order valence-corrected chi connectivity index (χ1v) is 8.79. The van der Waals surface area contributed by atoms with Gasteiger partial charge in [-0.25, -0.2) is 0 Å². The Morgan fingerprint density at radius 1 is 1.20 bits per heavy atom. The van der Waals surface area contributed by atoms with Crippen molar-refractivity contribution in [3.63, 3.8) is 0 Å². The molecule has 116 valence electrons. The molecule has 3 heteroatoms. The van der Waals surface area contributed by atoms with Gasteiger partial charge < -0.3 is 10.4 Å². The van der Waals surface area contributed by atoms with E-state index in [9.17, 15) is 5.11 Å². The summed E-state index contributed by atoms with van der Waals surface area (Å²) < 4.78 is 0. The molecule has 2 aliphatic carbocycles. The van der Waals surface area contributed by atoms with Crippen molar-refractivity contribution in [1.29, 1.82) is 0 Å². The maximum Gasteiger partial charge on any atom is 0.0553 e. The van der Waals surface area contributed by atoms with Crippen LogP contribution in [0.2, 0.25) is 0 Å². The summed E-state index contributed by atoms with van der Waals surface area (Å²) in [6, 6.07) is 1.38. The Morgan fingerprint density at radius 3 is 2.50 bits per heavy atom. The number of hydrogen-bond donors (Lipinski definition) is 2. The fourth-order valence-electron chi connectivity index (χ4n) is 4.16. The van der Waals surface area contributed by atoms with Gasteiger partial charge in [-0.1, -0.05) is 13.3 Å². The number of nitrogens with zero attached hydrogens (tertiary/aromatic N) is 1. The highest BCUT2D eigenvalue weighted by Crippen LogP contribution is 2.35. The molecule has 20 heavy (non-hydrogen) atoms. The van der Waals surface area contributed by atoms with Crippen molar-refractivity contribution in [2.24, 2.45) is 17.8 Å². The average Bonchev–Trinajstić information content (AvgIpc) is 2.35. The Hall–Kier alpha value is -0.120. The van der Waals surface area contributed by atoms with Gasteiger partial charge in [0.15, 0.2) is 0 Å². The molecule has 1 aliphatic heterocycles. The second kappa shape index (κ2) is 6.33. The van der Waals surface area contributed by atoms with E-state index in [0.29, 0.717) is 12.0 Å². The summed E-state index contributed by atoms with van der Waals surface area (Å²) in [5, 5.41) is 13.8. The Morgan fingerprint density at radius 2 is 2.00 bits per heavy atom. The van der Waals surface area contributed by atoms with Gasteiger partial charge in [-0.05, 0) is 63.3 Å². The maximum absolute atomic E-state index is 10.0. The normalized spacial score (nSPS) is 41.0. The Kier molecular flexibility index (Phi) is 4.68. The van der Waals surface area contributed by atoms with Crippen LogP contribution in [0.15, 0.2) is 0 Å². The number of piperidine rings is 1. The molecule has 0 amide bonds. The van der Waals surface area contributed by atoms with E-state index in [1.54, 1.807) is 0 Å². The van der Waals surface area contributed by atoms with Crippen LogP contribution in [0, 0.1) is 17.8 Å². The molecule has 3 fully saturated rings. The van der Waals surface area contributed by atoms with E-state index >= 15 is 0 Å². The molecular weight excluding hydrogens is 248 g/mol. The zero-order valence-electron chi connectivity index (χ0n) is 13.2. The van der Waals surface area contributed by atoms with Crippen LogP contribution in [0.4, 0.5) is 0 Å². The summed E-state index contributed by atoms with van der Waals surface area (Å²) in [5.41, 5.74) is 0. The smallest absolute Gasteiger partial charge is 0.0553 e. The van der Waals surface area contributed by atoms with Crippen molar-refractivity contribution in [2.45, 2.75) is 70.6 Å². The van der Waals surface area contributed by atoms with E-state index in [0.717, 1.165) is 30.8 Å². The predicted molar refractivity (Wildman–Crippen MR) is 82.7 cm³/mol. The molecule has 1 heterocycles. The molecule has 3 nitrogen and oxygen atoms in total. The van der Waals surface area contributed by atoms with Crippen LogP contribution in [-0.4, -0.2) is 47.8 Å². The second-order valence-electron chi connectivity index (χ2n) is 7.71. The van der Waals surface area contributed by atoms with Gasteiger partial charge in [-0.15, -0.1) is 0 Å². The molecule has 2 N–H and O–H groups in total. The molecule has 0 aromatic carbocycles. The number of likely N-dealkylation sites (tertiary alicyclic amines) is 1. The lowest BCUT2D eigenvalue weighted by atomic mass is 9.77. The van der Waals surface area contributed by atoms with E-state index in [4.69, 9.17) is 0 Å². The van der Waals surface area contributed by atoms with Crippen LogP contribution < -0.4 is 5.32 Å². The van der Waals surface area contributed by atoms with E-state index < -0.39 is 0 Å². The highest BCUT2D eigenvalue weighted by molar-refractivity contribution is 4.94. The van der Waals surface area contributed by atoms with Crippen LogP contribution >= 0.6 is 0 Å². The monoisotopic (exact) mass is 280 g/mol. The van der Waals surface area contributed by atoms with Crippen molar-refractivity contribution in [3.8, 4) is 0 Å². The number of aliphatic hydroxyl groups is 1. The van der Waals surface area contributed by atoms with Crippen LogP contribution in [0.25, 0.3) is 0 Å². The van der Waals surface area contributed by atoms with Crippen molar-refractivity contribution < 1.29 is 5.11 Å². The van der Waals surface area contributed by atoms with Crippen molar-refractivity contribution >= 4 is 0 Å². The average molecular weight is 280 g/mol. The minimum absolute atomic E-state index is 0.166. The Labute approximate surface area is 124 Å². The number of nitrogens with one attached hydrogen (secondary N) is 1. The largest absolute Gasteiger partial charge is 0.393 e. The minimum Gasteiger partial charge on any atom is -0.393 e. The zero-order valence-corrected chi connectivity index (χ0v) is 13.2. The lowest BCUT2D eigenvalue weighted by Crippen LogP contribution is -2.58. The third-order valence-corrected chi connectivity index (χ3v) is 6.16. The fourth-order valence-corrected chi connectivity index (χ4v) is 4.16. The first-order valence-electron chi connectivity index (χ1n) is 8.79. The lowest BCUT2D eigenvalue weighted by molar-refractivity contribution is -0.0112. The van der Waals surface area contributed by atoms with Crippen molar-refractivity contribution in [2.75, 3.05) is 19.6 Å². The lowest BCUT2D eigenvalue weighted by Gasteiger charge is -2.49. The zero-order chi connectivity index (χ0) is 14.1.